The Hall–Kier alpha value is -3.69. The Balaban J connectivity index is 1.42. The van der Waals surface area contributed by atoms with E-state index in [0.29, 0.717) is 17.9 Å². The number of amides is 3. The van der Waals surface area contributed by atoms with E-state index in [-0.39, 0.29) is 36.2 Å². The quantitative estimate of drug-likeness (QED) is 0.197. The summed E-state index contributed by atoms with van der Waals surface area (Å²) in [6, 6.07) is 12.9. The van der Waals surface area contributed by atoms with Crippen molar-refractivity contribution in [3.8, 4) is 0 Å². The number of carbonyl (C=O) groups is 3. The summed E-state index contributed by atoms with van der Waals surface area (Å²) in [5.41, 5.74) is -0.945. The fraction of sp³-hybridized carbons (Fsp3) is 0.452. The van der Waals surface area contributed by atoms with Crippen LogP contribution < -0.4 is 10.2 Å². The molecule has 2 aromatic rings. The highest BCUT2D eigenvalue weighted by Gasteiger charge is 2.53. The maximum absolute atomic E-state index is 14.0. The molecule has 0 aliphatic carbocycles. The number of anilines is 3. The highest BCUT2D eigenvalue weighted by atomic mass is 16.6. The van der Waals surface area contributed by atoms with Crippen LogP contribution in [0.15, 0.2) is 60.7 Å². The molecule has 7 N–H and O–H groups in total. The van der Waals surface area contributed by atoms with Crippen LogP contribution >= 0.6 is 0 Å². The summed E-state index contributed by atoms with van der Waals surface area (Å²) in [6.07, 6.45) is -4.38. The van der Waals surface area contributed by atoms with E-state index in [9.17, 15) is 45.0 Å². The predicted octanol–water partition coefficient (Wildman–Crippen LogP) is -0.143. The SMILES string of the molecule is C[C@@H](/C=C/CC(=O)N1CCC[C@H]1CO)[C@]1(O)C(=O)N(c2ccccc2)c2ccc(NC(=O)[C@H]3O[C@@H](O)[C@H](O)[C@@H](O)[C@@H]3O)cc21. The van der Waals surface area contributed by atoms with E-state index >= 15 is 0 Å². The van der Waals surface area contributed by atoms with E-state index in [4.69, 9.17) is 4.74 Å². The van der Waals surface area contributed by atoms with Gasteiger partial charge in [-0.15, -0.1) is 0 Å². The van der Waals surface area contributed by atoms with Crippen LogP contribution in [0.2, 0.25) is 0 Å². The molecule has 3 aliphatic rings. The maximum atomic E-state index is 14.0. The zero-order chi connectivity index (χ0) is 31.8. The Morgan fingerprint density at radius 1 is 1.09 bits per heavy atom. The molecule has 236 valence electrons. The number of rotatable bonds is 8. The molecule has 3 heterocycles. The summed E-state index contributed by atoms with van der Waals surface area (Å²) >= 11 is 0. The van der Waals surface area contributed by atoms with Crippen molar-refractivity contribution in [2.45, 2.75) is 68.5 Å². The molecular weight excluding hydrogens is 574 g/mol. The molecule has 0 aromatic heterocycles. The fourth-order valence-electron chi connectivity index (χ4n) is 6.06. The standard InChI is InChI=1S/C31H37N3O10/c1-17(7-5-11-23(36)33-14-6-10-20(33)16-35)31(43)21-15-18(32-28(40)27-25(38)24(37)26(39)29(41)44-27)12-13-22(21)34(30(31)42)19-8-3-2-4-9-19/h2-5,7-9,12-13,15,17,20,24-27,29,35,37-39,41,43H,6,10-11,14,16H2,1H3,(H,32,40)/b7-5+/t17-,20-,24-,25-,26+,27-,29+,31+/m0/s1. The molecule has 0 unspecified atom stereocenters. The number of para-hydroxylation sites is 1. The second-order valence-electron chi connectivity index (χ2n) is 11.4. The van der Waals surface area contributed by atoms with Crippen LogP contribution in [0.5, 0.6) is 0 Å². The predicted molar refractivity (Wildman–Crippen MR) is 156 cm³/mol. The zero-order valence-corrected chi connectivity index (χ0v) is 24.1. The van der Waals surface area contributed by atoms with Gasteiger partial charge in [-0.25, -0.2) is 0 Å². The van der Waals surface area contributed by atoms with Gasteiger partial charge < -0.3 is 45.6 Å². The molecular formula is C31H37N3O10. The van der Waals surface area contributed by atoms with Gasteiger partial charge in [0, 0.05) is 35.8 Å². The largest absolute Gasteiger partial charge is 0.394 e. The number of benzene rings is 2. The number of carbonyl (C=O) groups excluding carboxylic acids is 3. The number of nitrogens with one attached hydrogen (secondary N) is 1. The highest BCUT2D eigenvalue weighted by molar-refractivity contribution is 6.12. The molecule has 0 bridgehead atoms. The van der Waals surface area contributed by atoms with Gasteiger partial charge in [-0.2, -0.15) is 0 Å². The number of aliphatic hydroxyl groups is 6. The third-order valence-corrected chi connectivity index (χ3v) is 8.59. The summed E-state index contributed by atoms with van der Waals surface area (Å²) in [4.78, 5) is 42.7. The van der Waals surface area contributed by atoms with Crippen LogP contribution in [-0.2, 0) is 24.7 Å². The van der Waals surface area contributed by atoms with E-state index in [1.807, 2.05) is 0 Å². The van der Waals surface area contributed by atoms with Crippen LogP contribution in [-0.4, -0.2) is 103 Å². The Labute approximate surface area is 253 Å². The number of fused-ring (bicyclic) bond motifs is 1. The summed E-state index contributed by atoms with van der Waals surface area (Å²) in [7, 11) is 0. The Bertz CT molecular complexity index is 1420. The molecule has 44 heavy (non-hydrogen) atoms. The van der Waals surface area contributed by atoms with E-state index in [2.05, 4.69) is 5.32 Å². The van der Waals surface area contributed by atoms with Gasteiger partial charge in [-0.1, -0.05) is 37.3 Å². The average molecular weight is 612 g/mol. The third kappa shape index (κ3) is 5.63. The van der Waals surface area contributed by atoms with Crippen molar-refractivity contribution < 1.29 is 49.8 Å². The van der Waals surface area contributed by atoms with Crippen LogP contribution in [0, 0.1) is 5.92 Å². The fourth-order valence-corrected chi connectivity index (χ4v) is 6.06. The van der Waals surface area contributed by atoms with Gasteiger partial charge in [0.2, 0.25) is 5.91 Å². The first-order chi connectivity index (χ1) is 21.0. The monoisotopic (exact) mass is 611 g/mol. The molecule has 8 atom stereocenters. The van der Waals surface area contributed by atoms with E-state index in [1.54, 1.807) is 60.4 Å². The van der Waals surface area contributed by atoms with Crippen molar-refractivity contribution in [2.24, 2.45) is 5.92 Å². The van der Waals surface area contributed by atoms with Crippen molar-refractivity contribution in [1.29, 1.82) is 0 Å². The topological polar surface area (TPSA) is 200 Å². The summed E-state index contributed by atoms with van der Waals surface area (Å²) in [5.74, 6) is -2.58. The van der Waals surface area contributed by atoms with E-state index in [0.717, 1.165) is 12.8 Å². The lowest BCUT2D eigenvalue weighted by Crippen LogP contribution is -2.60. The van der Waals surface area contributed by atoms with Crippen LogP contribution in [0.1, 0.15) is 31.7 Å². The van der Waals surface area contributed by atoms with Gasteiger partial charge in [0.25, 0.3) is 11.8 Å². The lowest BCUT2D eigenvalue weighted by Gasteiger charge is -2.37. The second kappa shape index (κ2) is 12.7. The zero-order valence-electron chi connectivity index (χ0n) is 24.1. The lowest BCUT2D eigenvalue weighted by atomic mass is 9.82. The third-order valence-electron chi connectivity index (χ3n) is 8.59. The molecule has 2 saturated heterocycles. The maximum Gasteiger partial charge on any atom is 0.268 e. The first kappa shape index (κ1) is 31.7. The van der Waals surface area contributed by atoms with Gasteiger partial charge in [0.05, 0.1) is 18.3 Å². The summed E-state index contributed by atoms with van der Waals surface area (Å²) < 4.78 is 5.01. The normalized spacial score (nSPS) is 30.9. The van der Waals surface area contributed by atoms with E-state index < -0.39 is 54.0 Å². The highest BCUT2D eigenvalue weighted by Crippen LogP contribution is 2.49. The number of aliphatic hydroxyl groups excluding tert-OH is 5. The second-order valence-corrected chi connectivity index (χ2v) is 11.4. The van der Waals surface area contributed by atoms with Gasteiger partial charge in [0.1, 0.15) is 18.3 Å². The van der Waals surface area contributed by atoms with Crippen LogP contribution in [0.25, 0.3) is 0 Å². The Kier molecular flexibility index (Phi) is 9.18. The van der Waals surface area contributed by atoms with Crippen molar-refractivity contribution in [1.82, 2.24) is 4.90 Å². The first-order valence-corrected chi connectivity index (χ1v) is 14.5. The number of likely N-dealkylation sites (tertiary alicyclic amines) is 1. The Morgan fingerprint density at radius 2 is 1.82 bits per heavy atom. The van der Waals surface area contributed by atoms with E-state index in [1.165, 1.54) is 17.0 Å². The lowest BCUT2D eigenvalue weighted by molar-refractivity contribution is -0.274. The van der Waals surface area contributed by atoms with Gasteiger partial charge in [0.15, 0.2) is 18.0 Å². The molecule has 13 heteroatoms. The van der Waals surface area contributed by atoms with Crippen LogP contribution in [0.4, 0.5) is 17.1 Å². The summed E-state index contributed by atoms with van der Waals surface area (Å²) in [6.45, 7) is 2.08. The number of nitrogens with zero attached hydrogens (tertiary/aromatic N) is 2. The molecule has 5 rings (SSSR count). The van der Waals surface area contributed by atoms with Crippen LogP contribution in [0.3, 0.4) is 0 Å². The molecule has 0 saturated carbocycles. The number of hydrogen-bond acceptors (Lipinski definition) is 10. The molecule has 2 aromatic carbocycles. The molecule has 3 amide bonds. The van der Waals surface area contributed by atoms with Gasteiger partial charge >= 0.3 is 0 Å². The van der Waals surface area contributed by atoms with Crippen molar-refractivity contribution in [3.63, 3.8) is 0 Å². The van der Waals surface area contributed by atoms with Crippen molar-refractivity contribution in [3.05, 3.63) is 66.2 Å². The Morgan fingerprint density at radius 3 is 2.52 bits per heavy atom. The number of ether oxygens (including phenoxy) is 1. The van der Waals surface area contributed by atoms with Gasteiger partial charge in [-0.3, -0.25) is 19.3 Å². The molecule has 13 nitrogen and oxygen atoms in total. The minimum Gasteiger partial charge on any atom is -0.394 e. The summed E-state index contributed by atoms with van der Waals surface area (Å²) in [5, 5.41) is 63.9. The number of hydrogen-bond donors (Lipinski definition) is 7. The minimum atomic E-state index is -2.11. The van der Waals surface area contributed by atoms with Gasteiger partial charge in [-0.05, 0) is 43.2 Å². The minimum absolute atomic E-state index is 0.0204. The molecule has 3 aliphatic heterocycles. The van der Waals surface area contributed by atoms with Crippen molar-refractivity contribution in [2.75, 3.05) is 23.4 Å². The molecule has 2 fully saturated rings. The first-order valence-electron chi connectivity index (χ1n) is 14.5. The smallest absolute Gasteiger partial charge is 0.268 e. The molecule has 0 spiro atoms. The average Bonchev–Trinajstić information content (AvgIpc) is 3.59. The molecule has 0 radical (unpaired) electrons. The van der Waals surface area contributed by atoms with Crippen molar-refractivity contribution >= 4 is 34.8 Å².